The largest absolute Gasteiger partial charge is 0.478 e. The monoisotopic (exact) mass is 384 g/mol. The first-order valence-electron chi connectivity index (χ1n) is 5.85. The summed E-state index contributed by atoms with van der Waals surface area (Å²) in [5, 5.41) is 19.8. The Kier molecular flexibility index (Phi) is 10.3. The van der Waals surface area contributed by atoms with Crippen molar-refractivity contribution in [1.82, 2.24) is 0 Å². The molecule has 0 aliphatic rings. The molecule has 0 saturated carbocycles. The maximum absolute atomic E-state index is 11.1. The zero-order valence-corrected chi connectivity index (χ0v) is 13.3. The first-order valence-corrected chi connectivity index (χ1v) is 8.09. The third-order valence-electron chi connectivity index (χ3n) is 2.50. The number of carboxylic acid groups (broad SMARTS) is 2. The van der Waals surface area contributed by atoms with Crippen LogP contribution in [0.2, 0.25) is 0 Å². The van der Waals surface area contributed by atoms with E-state index in [2.05, 4.69) is 31.9 Å². The molecular weight excluding hydrogens is 368 g/mol. The van der Waals surface area contributed by atoms with Gasteiger partial charge in [-0.2, -0.15) is 0 Å². The standard InChI is InChI=1S/C12H18Br2O4/c13-7-3-1-5-9(11(15)16)10(12(17)18)6-2-4-8-14/h1-8H2,(H,15,16)(H,17,18). The van der Waals surface area contributed by atoms with Gasteiger partial charge in [-0.25, -0.2) is 9.59 Å². The average molecular weight is 386 g/mol. The van der Waals surface area contributed by atoms with Gasteiger partial charge >= 0.3 is 11.9 Å². The summed E-state index contributed by atoms with van der Waals surface area (Å²) in [4.78, 5) is 22.3. The van der Waals surface area contributed by atoms with Gasteiger partial charge in [-0.05, 0) is 38.5 Å². The van der Waals surface area contributed by atoms with Gasteiger partial charge in [0.05, 0.1) is 0 Å². The maximum atomic E-state index is 11.1. The summed E-state index contributed by atoms with van der Waals surface area (Å²) in [5.41, 5.74) is 0.107. The summed E-state index contributed by atoms with van der Waals surface area (Å²) in [6.45, 7) is 0. The Bertz CT molecular complexity index is 283. The van der Waals surface area contributed by atoms with Crippen molar-refractivity contribution < 1.29 is 19.8 Å². The van der Waals surface area contributed by atoms with E-state index in [9.17, 15) is 9.59 Å². The van der Waals surface area contributed by atoms with Crippen LogP contribution in [-0.2, 0) is 9.59 Å². The lowest BCUT2D eigenvalue weighted by atomic mass is 9.98. The second kappa shape index (κ2) is 10.6. The van der Waals surface area contributed by atoms with E-state index in [1.54, 1.807) is 0 Å². The SMILES string of the molecule is O=C(O)C(CCCCBr)=C(CCCCBr)C(=O)O. The zero-order chi connectivity index (χ0) is 14.0. The summed E-state index contributed by atoms with van der Waals surface area (Å²) in [7, 11) is 0. The molecule has 18 heavy (non-hydrogen) atoms. The van der Waals surface area contributed by atoms with Gasteiger partial charge in [0.2, 0.25) is 0 Å². The molecule has 0 unspecified atom stereocenters. The van der Waals surface area contributed by atoms with Gasteiger partial charge < -0.3 is 10.2 Å². The number of alkyl halides is 2. The van der Waals surface area contributed by atoms with Crippen LogP contribution in [0.4, 0.5) is 0 Å². The molecule has 0 atom stereocenters. The molecule has 0 fully saturated rings. The highest BCUT2D eigenvalue weighted by Crippen LogP contribution is 2.19. The summed E-state index contributed by atoms with van der Waals surface area (Å²) in [5.74, 6) is -2.22. The van der Waals surface area contributed by atoms with Gasteiger partial charge in [-0.3, -0.25) is 0 Å². The zero-order valence-electron chi connectivity index (χ0n) is 10.1. The van der Waals surface area contributed by atoms with E-state index in [0.717, 1.165) is 23.5 Å². The normalized spacial score (nSPS) is 12.1. The molecule has 104 valence electrons. The van der Waals surface area contributed by atoms with E-state index in [0.29, 0.717) is 25.7 Å². The molecule has 0 spiro atoms. The Labute approximate surface area is 124 Å². The van der Waals surface area contributed by atoms with Crippen molar-refractivity contribution in [2.45, 2.75) is 38.5 Å². The number of hydrogen-bond acceptors (Lipinski definition) is 2. The van der Waals surface area contributed by atoms with E-state index in [4.69, 9.17) is 10.2 Å². The van der Waals surface area contributed by atoms with E-state index >= 15 is 0 Å². The minimum atomic E-state index is -1.11. The molecule has 0 aromatic heterocycles. The first-order chi connectivity index (χ1) is 8.54. The number of aliphatic carboxylic acids is 2. The van der Waals surface area contributed by atoms with Crippen LogP contribution in [0.5, 0.6) is 0 Å². The fourth-order valence-electron chi connectivity index (χ4n) is 1.57. The third kappa shape index (κ3) is 7.16. The number of carboxylic acids is 2. The Morgan fingerprint density at radius 2 is 1.06 bits per heavy atom. The van der Waals surface area contributed by atoms with Gasteiger partial charge in [0.15, 0.2) is 0 Å². The predicted octanol–water partition coefficient (Wildman–Crippen LogP) is 3.58. The highest BCUT2D eigenvalue weighted by atomic mass is 79.9. The number of carbonyl (C=O) groups is 2. The van der Waals surface area contributed by atoms with Crippen LogP contribution >= 0.6 is 31.9 Å². The molecule has 0 rings (SSSR count). The highest BCUT2D eigenvalue weighted by molar-refractivity contribution is 9.09. The maximum Gasteiger partial charge on any atom is 0.332 e. The van der Waals surface area contributed by atoms with Gasteiger partial charge in [-0.1, -0.05) is 31.9 Å². The lowest BCUT2D eigenvalue weighted by Crippen LogP contribution is -2.12. The van der Waals surface area contributed by atoms with Crippen molar-refractivity contribution in [2.75, 3.05) is 10.7 Å². The van der Waals surface area contributed by atoms with E-state index in [-0.39, 0.29) is 11.1 Å². The fourth-order valence-corrected chi connectivity index (χ4v) is 2.36. The van der Waals surface area contributed by atoms with Crippen molar-refractivity contribution in [2.24, 2.45) is 0 Å². The van der Waals surface area contributed by atoms with Crippen LogP contribution in [0.15, 0.2) is 11.1 Å². The van der Waals surface area contributed by atoms with Crippen LogP contribution < -0.4 is 0 Å². The summed E-state index contributed by atoms with van der Waals surface area (Å²) < 4.78 is 0. The number of rotatable bonds is 10. The van der Waals surface area contributed by atoms with Gasteiger partial charge in [0.1, 0.15) is 0 Å². The van der Waals surface area contributed by atoms with Gasteiger partial charge in [0, 0.05) is 21.8 Å². The van der Waals surface area contributed by atoms with E-state index in [1.165, 1.54) is 0 Å². The lowest BCUT2D eigenvalue weighted by Gasteiger charge is -2.08. The van der Waals surface area contributed by atoms with E-state index in [1.807, 2.05) is 0 Å². The lowest BCUT2D eigenvalue weighted by molar-refractivity contribution is -0.136. The Hall–Kier alpha value is -0.360. The van der Waals surface area contributed by atoms with Crippen molar-refractivity contribution in [3.05, 3.63) is 11.1 Å². The molecule has 2 N–H and O–H groups in total. The first kappa shape index (κ1) is 17.6. The van der Waals surface area contributed by atoms with Crippen LogP contribution in [-0.4, -0.2) is 32.8 Å². The highest BCUT2D eigenvalue weighted by Gasteiger charge is 2.19. The van der Waals surface area contributed by atoms with Crippen LogP contribution in [0, 0.1) is 0 Å². The second-order valence-electron chi connectivity index (χ2n) is 3.86. The van der Waals surface area contributed by atoms with Crippen molar-refractivity contribution >= 4 is 43.8 Å². The molecule has 0 aromatic rings. The quantitative estimate of drug-likeness (QED) is 0.342. The molecule has 0 aliphatic carbocycles. The molecular formula is C12H18Br2O4. The molecule has 6 heteroatoms. The fraction of sp³-hybridized carbons (Fsp3) is 0.667. The van der Waals surface area contributed by atoms with Crippen molar-refractivity contribution in [1.29, 1.82) is 0 Å². The van der Waals surface area contributed by atoms with Gasteiger partial charge in [0.25, 0.3) is 0 Å². The molecule has 0 saturated heterocycles. The summed E-state index contributed by atoms with van der Waals surface area (Å²) >= 11 is 6.54. The Morgan fingerprint density at radius 3 is 1.28 bits per heavy atom. The Balaban J connectivity index is 4.80. The molecule has 0 amide bonds. The van der Waals surface area contributed by atoms with Crippen LogP contribution in [0.1, 0.15) is 38.5 Å². The molecule has 0 aliphatic heterocycles. The van der Waals surface area contributed by atoms with Crippen LogP contribution in [0.25, 0.3) is 0 Å². The Morgan fingerprint density at radius 1 is 0.722 bits per heavy atom. The van der Waals surface area contributed by atoms with Gasteiger partial charge in [-0.15, -0.1) is 0 Å². The topological polar surface area (TPSA) is 74.6 Å². The molecule has 0 radical (unpaired) electrons. The molecule has 0 bridgehead atoms. The second-order valence-corrected chi connectivity index (χ2v) is 5.45. The van der Waals surface area contributed by atoms with Crippen molar-refractivity contribution in [3.63, 3.8) is 0 Å². The average Bonchev–Trinajstić information content (AvgIpc) is 2.31. The molecule has 4 nitrogen and oxygen atoms in total. The minimum absolute atomic E-state index is 0.0537. The smallest absolute Gasteiger partial charge is 0.332 e. The van der Waals surface area contributed by atoms with Crippen molar-refractivity contribution in [3.8, 4) is 0 Å². The third-order valence-corrected chi connectivity index (χ3v) is 3.62. The number of halogens is 2. The summed E-state index contributed by atoms with van der Waals surface area (Å²) in [6, 6.07) is 0. The van der Waals surface area contributed by atoms with Crippen LogP contribution in [0.3, 0.4) is 0 Å². The molecule has 0 aromatic carbocycles. The number of hydrogen-bond donors (Lipinski definition) is 2. The summed E-state index contributed by atoms with van der Waals surface area (Å²) in [6.07, 6.45) is 3.67. The molecule has 0 heterocycles. The predicted molar refractivity (Wildman–Crippen MR) is 77.6 cm³/mol. The van der Waals surface area contributed by atoms with E-state index < -0.39 is 11.9 Å². The minimum Gasteiger partial charge on any atom is -0.478 e. The number of unbranched alkanes of at least 4 members (excludes halogenated alkanes) is 2.